The molecule has 0 aliphatic carbocycles. The van der Waals surface area contributed by atoms with Crippen molar-refractivity contribution in [3.8, 4) is 0 Å². The highest BCUT2D eigenvalue weighted by Gasteiger charge is 2.29. The Bertz CT molecular complexity index is 618. The van der Waals surface area contributed by atoms with Crippen molar-refractivity contribution in [2.45, 2.75) is 25.8 Å². The summed E-state index contributed by atoms with van der Waals surface area (Å²) in [5.41, 5.74) is 1.84. The van der Waals surface area contributed by atoms with E-state index in [0.717, 1.165) is 12.1 Å². The van der Waals surface area contributed by atoms with E-state index >= 15 is 0 Å². The molecule has 6 heteroatoms. The fourth-order valence-corrected chi connectivity index (χ4v) is 3.03. The van der Waals surface area contributed by atoms with E-state index < -0.39 is 0 Å². The van der Waals surface area contributed by atoms with Crippen LogP contribution < -0.4 is 10.6 Å². The number of nitrogens with zero attached hydrogens (tertiary/aromatic N) is 1. The van der Waals surface area contributed by atoms with Crippen LogP contribution in [-0.2, 0) is 22.6 Å². The van der Waals surface area contributed by atoms with Gasteiger partial charge in [0.25, 0.3) is 0 Å². The van der Waals surface area contributed by atoms with Crippen LogP contribution in [0.4, 0.5) is 10.1 Å². The summed E-state index contributed by atoms with van der Waals surface area (Å²) >= 11 is 0. The Hall–Kier alpha value is -1.95. The molecule has 3 rings (SSSR count). The maximum Gasteiger partial charge on any atom is 0.228 e. The highest BCUT2D eigenvalue weighted by molar-refractivity contribution is 5.96. The van der Waals surface area contributed by atoms with Gasteiger partial charge in [-0.3, -0.25) is 9.59 Å². The number of halogens is 1. The molecule has 1 aromatic carbocycles. The number of benzene rings is 1. The van der Waals surface area contributed by atoms with Crippen LogP contribution in [0.2, 0.25) is 0 Å². The number of fused-ring (bicyclic) bond motifs is 1. The van der Waals surface area contributed by atoms with E-state index in [9.17, 15) is 14.0 Å². The topological polar surface area (TPSA) is 61.4 Å². The van der Waals surface area contributed by atoms with E-state index in [1.165, 1.54) is 0 Å². The van der Waals surface area contributed by atoms with Crippen LogP contribution in [0.3, 0.4) is 0 Å². The van der Waals surface area contributed by atoms with E-state index in [2.05, 4.69) is 10.6 Å². The second-order valence-electron chi connectivity index (χ2n) is 5.99. The molecule has 5 nitrogen and oxygen atoms in total. The molecule has 22 heavy (non-hydrogen) atoms. The Balaban J connectivity index is 1.73. The van der Waals surface area contributed by atoms with Gasteiger partial charge in [-0.1, -0.05) is 6.07 Å². The van der Waals surface area contributed by atoms with Crippen LogP contribution in [0.5, 0.6) is 0 Å². The number of hydrogen-bond acceptors (Lipinski definition) is 3. The maximum atomic E-state index is 14.5. The lowest BCUT2D eigenvalue weighted by molar-refractivity contribution is -0.137. The molecule has 0 radical (unpaired) electrons. The van der Waals surface area contributed by atoms with Gasteiger partial charge in [-0.05, 0) is 36.6 Å². The van der Waals surface area contributed by atoms with Crippen LogP contribution >= 0.6 is 0 Å². The van der Waals surface area contributed by atoms with Gasteiger partial charge in [-0.25, -0.2) is 4.39 Å². The lowest BCUT2D eigenvalue weighted by Crippen LogP contribution is -2.40. The minimum absolute atomic E-state index is 0.0385. The van der Waals surface area contributed by atoms with Crippen molar-refractivity contribution in [1.29, 1.82) is 0 Å². The van der Waals surface area contributed by atoms with Crippen LogP contribution in [0.25, 0.3) is 0 Å². The van der Waals surface area contributed by atoms with Crippen molar-refractivity contribution < 1.29 is 14.0 Å². The predicted octanol–water partition coefficient (Wildman–Crippen LogP) is 1.28. The monoisotopic (exact) mass is 305 g/mol. The predicted molar refractivity (Wildman–Crippen MR) is 80.8 cm³/mol. The Morgan fingerprint density at radius 2 is 2.27 bits per heavy atom. The number of likely N-dealkylation sites (tertiary alicyclic amines) is 1. The van der Waals surface area contributed by atoms with Crippen molar-refractivity contribution in [2.75, 3.05) is 25.5 Å². The molecule has 0 aromatic heterocycles. The van der Waals surface area contributed by atoms with Gasteiger partial charge in [0.2, 0.25) is 11.8 Å². The van der Waals surface area contributed by atoms with Gasteiger partial charge >= 0.3 is 0 Å². The number of hydrogen-bond donors (Lipinski definition) is 2. The molecule has 0 spiro atoms. The van der Waals surface area contributed by atoms with E-state index in [1.54, 1.807) is 18.0 Å². The molecule has 118 valence electrons. The number of carbonyl (C=O) groups is 2. The van der Waals surface area contributed by atoms with Gasteiger partial charge in [0, 0.05) is 32.5 Å². The average molecular weight is 305 g/mol. The molecule has 1 aromatic rings. The summed E-state index contributed by atoms with van der Waals surface area (Å²) in [6.45, 7) is 1.96. The standard InChI is InChI=1S/C16H20FN3O2/c1-20-7-5-10(8-14(20)21)16(22)19-13-3-2-11-9-18-6-4-12(11)15(13)17/h2-3,10,18H,4-9H2,1H3,(H,19,22). The Morgan fingerprint density at radius 3 is 3.05 bits per heavy atom. The summed E-state index contributed by atoms with van der Waals surface area (Å²) in [6, 6.07) is 3.45. The van der Waals surface area contributed by atoms with Gasteiger partial charge in [0.05, 0.1) is 5.69 Å². The second-order valence-corrected chi connectivity index (χ2v) is 5.99. The zero-order valence-corrected chi connectivity index (χ0v) is 12.6. The fourth-order valence-electron chi connectivity index (χ4n) is 3.03. The lowest BCUT2D eigenvalue weighted by atomic mass is 9.95. The highest BCUT2D eigenvalue weighted by atomic mass is 19.1. The molecular formula is C16H20FN3O2. The highest BCUT2D eigenvalue weighted by Crippen LogP contribution is 2.26. The molecule has 1 fully saturated rings. The fraction of sp³-hybridized carbons (Fsp3) is 0.500. The van der Waals surface area contributed by atoms with Crippen molar-refractivity contribution in [3.63, 3.8) is 0 Å². The van der Waals surface area contributed by atoms with Gasteiger partial charge in [0.1, 0.15) is 5.82 Å². The summed E-state index contributed by atoms with van der Waals surface area (Å²) in [6.07, 6.45) is 1.43. The quantitative estimate of drug-likeness (QED) is 0.865. The van der Waals surface area contributed by atoms with Crippen molar-refractivity contribution >= 4 is 17.5 Å². The molecule has 2 heterocycles. The molecule has 2 aliphatic rings. The first-order valence-electron chi connectivity index (χ1n) is 7.62. The van der Waals surface area contributed by atoms with Gasteiger partial charge < -0.3 is 15.5 Å². The minimum Gasteiger partial charge on any atom is -0.346 e. The first-order valence-corrected chi connectivity index (χ1v) is 7.62. The number of nitrogens with one attached hydrogen (secondary N) is 2. The summed E-state index contributed by atoms with van der Waals surface area (Å²) in [7, 11) is 1.73. The van der Waals surface area contributed by atoms with Crippen LogP contribution in [0, 0.1) is 11.7 Å². The SMILES string of the molecule is CN1CCC(C(=O)Nc2ccc3c(c2F)CCNC3)CC1=O. The summed E-state index contributed by atoms with van der Waals surface area (Å²) in [4.78, 5) is 25.6. The number of piperidine rings is 1. The van der Waals surface area contributed by atoms with Crippen LogP contribution in [0.15, 0.2) is 12.1 Å². The van der Waals surface area contributed by atoms with E-state index in [1.807, 2.05) is 6.07 Å². The third-order valence-corrected chi connectivity index (χ3v) is 4.50. The summed E-state index contributed by atoms with van der Waals surface area (Å²) < 4.78 is 14.5. The zero-order chi connectivity index (χ0) is 15.7. The van der Waals surface area contributed by atoms with Crippen molar-refractivity contribution in [1.82, 2.24) is 10.2 Å². The Labute approximate surface area is 128 Å². The summed E-state index contributed by atoms with van der Waals surface area (Å²) in [5, 5.41) is 5.85. The van der Waals surface area contributed by atoms with E-state index in [4.69, 9.17) is 0 Å². The van der Waals surface area contributed by atoms with Gasteiger partial charge in [-0.2, -0.15) is 0 Å². The first kappa shape index (κ1) is 15.0. The molecule has 0 saturated carbocycles. The Morgan fingerprint density at radius 1 is 1.45 bits per heavy atom. The zero-order valence-electron chi connectivity index (χ0n) is 12.6. The van der Waals surface area contributed by atoms with E-state index in [0.29, 0.717) is 31.5 Å². The third-order valence-electron chi connectivity index (χ3n) is 4.50. The van der Waals surface area contributed by atoms with Crippen molar-refractivity contribution in [2.24, 2.45) is 5.92 Å². The molecule has 2 amide bonds. The van der Waals surface area contributed by atoms with Gasteiger partial charge in [0.15, 0.2) is 0 Å². The normalized spacial score (nSPS) is 21.5. The minimum atomic E-state index is -0.374. The average Bonchev–Trinajstić information content (AvgIpc) is 2.53. The van der Waals surface area contributed by atoms with E-state index in [-0.39, 0.29) is 35.7 Å². The number of anilines is 1. The maximum absolute atomic E-state index is 14.5. The first-order chi connectivity index (χ1) is 10.6. The van der Waals surface area contributed by atoms with Gasteiger partial charge in [-0.15, -0.1) is 0 Å². The lowest BCUT2D eigenvalue weighted by Gasteiger charge is -2.28. The smallest absolute Gasteiger partial charge is 0.228 e. The number of rotatable bonds is 2. The Kier molecular flexibility index (Phi) is 4.11. The molecule has 2 aliphatic heterocycles. The number of amides is 2. The van der Waals surface area contributed by atoms with Crippen LogP contribution in [-0.4, -0.2) is 36.9 Å². The van der Waals surface area contributed by atoms with Crippen molar-refractivity contribution in [3.05, 3.63) is 29.1 Å². The summed E-state index contributed by atoms with van der Waals surface area (Å²) in [5.74, 6) is -1.02. The molecular weight excluding hydrogens is 285 g/mol. The molecule has 1 atom stereocenters. The second kappa shape index (κ2) is 6.04. The molecule has 1 saturated heterocycles. The number of carbonyl (C=O) groups excluding carboxylic acids is 2. The van der Waals surface area contributed by atoms with Crippen LogP contribution in [0.1, 0.15) is 24.0 Å². The molecule has 1 unspecified atom stereocenters. The molecule has 2 N–H and O–H groups in total. The molecule has 0 bridgehead atoms. The largest absolute Gasteiger partial charge is 0.346 e. The third kappa shape index (κ3) is 2.83.